The van der Waals surface area contributed by atoms with Gasteiger partial charge < -0.3 is 9.84 Å². The minimum atomic E-state index is -4.45. The predicted molar refractivity (Wildman–Crippen MR) is 113 cm³/mol. The molecule has 32 heavy (non-hydrogen) atoms. The number of anilines is 1. The van der Waals surface area contributed by atoms with Gasteiger partial charge in [0, 0.05) is 22.2 Å². The van der Waals surface area contributed by atoms with Crippen molar-refractivity contribution in [3.8, 4) is 11.4 Å². The Morgan fingerprint density at radius 3 is 2.62 bits per heavy atom. The Labute approximate surface area is 187 Å². The van der Waals surface area contributed by atoms with Crippen LogP contribution in [-0.2, 0) is 17.5 Å². The van der Waals surface area contributed by atoms with Crippen molar-refractivity contribution >= 4 is 23.2 Å². The molecule has 1 aliphatic heterocycles. The van der Waals surface area contributed by atoms with Crippen molar-refractivity contribution in [1.82, 2.24) is 15.0 Å². The summed E-state index contributed by atoms with van der Waals surface area (Å²) in [6, 6.07) is 11.8. The van der Waals surface area contributed by atoms with Gasteiger partial charge in [-0.3, -0.25) is 9.69 Å². The van der Waals surface area contributed by atoms with E-state index in [4.69, 9.17) is 16.1 Å². The second kappa shape index (κ2) is 9.30. The second-order valence-corrected chi connectivity index (χ2v) is 8.08. The van der Waals surface area contributed by atoms with E-state index in [0.29, 0.717) is 49.2 Å². The molecule has 2 aromatic carbocycles. The molecule has 0 atom stereocenters. The number of piperidine rings is 1. The molecule has 3 aromatic rings. The van der Waals surface area contributed by atoms with Gasteiger partial charge in [0.2, 0.25) is 17.6 Å². The molecule has 0 radical (unpaired) electrons. The highest BCUT2D eigenvalue weighted by atomic mass is 35.5. The van der Waals surface area contributed by atoms with Crippen LogP contribution in [0.3, 0.4) is 0 Å². The summed E-state index contributed by atoms with van der Waals surface area (Å²) in [5.74, 6) is 0.375. The van der Waals surface area contributed by atoms with Crippen LogP contribution in [0.1, 0.15) is 24.3 Å². The van der Waals surface area contributed by atoms with Crippen LogP contribution < -0.4 is 5.32 Å². The third-order valence-corrected chi connectivity index (χ3v) is 5.56. The number of nitrogens with one attached hydrogen (secondary N) is 1. The minimum absolute atomic E-state index is 0.145. The molecule has 1 saturated heterocycles. The smallest absolute Gasteiger partial charge is 0.338 e. The van der Waals surface area contributed by atoms with Gasteiger partial charge in [-0.2, -0.15) is 18.2 Å². The van der Waals surface area contributed by atoms with Crippen molar-refractivity contribution in [2.24, 2.45) is 5.92 Å². The van der Waals surface area contributed by atoms with E-state index in [2.05, 4.69) is 20.4 Å². The Morgan fingerprint density at radius 1 is 1.16 bits per heavy atom. The minimum Gasteiger partial charge on any atom is -0.338 e. The summed E-state index contributed by atoms with van der Waals surface area (Å²) in [7, 11) is 0. The van der Waals surface area contributed by atoms with E-state index in [1.807, 2.05) is 12.1 Å². The molecule has 6 nitrogen and oxygen atoms in total. The number of alkyl halides is 3. The zero-order valence-electron chi connectivity index (χ0n) is 16.9. The van der Waals surface area contributed by atoms with E-state index >= 15 is 0 Å². The maximum Gasteiger partial charge on any atom is 0.416 e. The highest BCUT2D eigenvalue weighted by Crippen LogP contribution is 2.31. The molecular weight excluding hydrogens is 445 g/mol. The monoisotopic (exact) mass is 464 g/mol. The number of hydrogen-bond acceptors (Lipinski definition) is 5. The fourth-order valence-electron chi connectivity index (χ4n) is 3.63. The van der Waals surface area contributed by atoms with Crippen LogP contribution in [0.15, 0.2) is 53.1 Å². The van der Waals surface area contributed by atoms with Gasteiger partial charge in [-0.25, -0.2) is 0 Å². The van der Waals surface area contributed by atoms with Crippen molar-refractivity contribution in [2.45, 2.75) is 25.6 Å². The van der Waals surface area contributed by atoms with Gasteiger partial charge in [-0.05, 0) is 56.3 Å². The standard InChI is InChI=1S/C22H20ClF3N4O2/c23-17-5-1-3-15(11-17)20-28-19(32-29-20)13-30-9-7-14(8-10-30)21(31)27-18-6-2-4-16(12-18)22(24,25)26/h1-6,11-12,14H,7-10,13H2,(H,27,31). The summed E-state index contributed by atoms with van der Waals surface area (Å²) < 4.78 is 43.9. The number of halogens is 4. The maximum atomic E-state index is 12.9. The van der Waals surface area contributed by atoms with Gasteiger partial charge >= 0.3 is 6.18 Å². The van der Waals surface area contributed by atoms with Gasteiger partial charge in [0.1, 0.15) is 0 Å². The Morgan fingerprint density at radius 2 is 1.91 bits per heavy atom. The largest absolute Gasteiger partial charge is 0.416 e. The normalized spacial score (nSPS) is 15.6. The molecular formula is C22H20ClF3N4O2. The lowest BCUT2D eigenvalue weighted by molar-refractivity contribution is -0.137. The molecule has 0 bridgehead atoms. The van der Waals surface area contributed by atoms with E-state index in [-0.39, 0.29) is 17.5 Å². The number of carbonyl (C=O) groups excluding carboxylic acids is 1. The zero-order chi connectivity index (χ0) is 22.7. The van der Waals surface area contributed by atoms with E-state index in [9.17, 15) is 18.0 Å². The average molecular weight is 465 g/mol. The van der Waals surface area contributed by atoms with E-state index < -0.39 is 11.7 Å². The van der Waals surface area contributed by atoms with Gasteiger partial charge in [0.25, 0.3) is 0 Å². The summed E-state index contributed by atoms with van der Waals surface area (Å²) in [6.07, 6.45) is -3.28. The summed E-state index contributed by atoms with van der Waals surface area (Å²) in [5.41, 5.74) is 0.117. The molecule has 1 fully saturated rings. The van der Waals surface area contributed by atoms with Crippen LogP contribution in [0, 0.1) is 5.92 Å². The molecule has 0 aliphatic carbocycles. The molecule has 1 aliphatic rings. The van der Waals surface area contributed by atoms with Gasteiger partial charge in [-0.15, -0.1) is 0 Å². The van der Waals surface area contributed by atoms with Crippen LogP contribution >= 0.6 is 11.6 Å². The Bertz CT molecular complexity index is 1090. The van der Waals surface area contributed by atoms with Crippen LogP contribution in [0.5, 0.6) is 0 Å². The van der Waals surface area contributed by atoms with Crippen LogP contribution in [0.25, 0.3) is 11.4 Å². The lowest BCUT2D eigenvalue weighted by atomic mass is 9.95. The first-order valence-electron chi connectivity index (χ1n) is 10.1. The fraction of sp³-hybridized carbons (Fsp3) is 0.318. The van der Waals surface area contributed by atoms with E-state index in [1.165, 1.54) is 12.1 Å². The van der Waals surface area contributed by atoms with Crippen molar-refractivity contribution < 1.29 is 22.5 Å². The topological polar surface area (TPSA) is 71.3 Å². The van der Waals surface area contributed by atoms with Crippen molar-refractivity contribution in [2.75, 3.05) is 18.4 Å². The van der Waals surface area contributed by atoms with Crippen molar-refractivity contribution in [3.05, 3.63) is 65.0 Å². The predicted octanol–water partition coefficient (Wildman–Crippen LogP) is 5.26. The van der Waals surface area contributed by atoms with Crippen LogP contribution in [0.4, 0.5) is 18.9 Å². The number of hydrogen-bond donors (Lipinski definition) is 1. The molecule has 1 aromatic heterocycles. The molecule has 1 amide bonds. The number of nitrogens with zero attached hydrogens (tertiary/aromatic N) is 3. The van der Waals surface area contributed by atoms with Crippen molar-refractivity contribution in [3.63, 3.8) is 0 Å². The summed E-state index contributed by atoms with van der Waals surface area (Å²) in [4.78, 5) is 19.0. The molecule has 1 N–H and O–H groups in total. The number of aromatic nitrogens is 2. The van der Waals surface area contributed by atoms with Crippen molar-refractivity contribution in [1.29, 1.82) is 0 Å². The number of benzene rings is 2. The van der Waals surface area contributed by atoms with Gasteiger partial charge in [-0.1, -0.05) is 35.0 Å². The second-order valence-electron chi connectivity index (χ2n) is 7.64. The average Bonchev–Trinajstić information content (AvgIpc) is 3.22. The maximum absolute atomic E-state index is 12.9. The number of carbonyl (C=O) groups is 1. The molecule has 0 unspecified atom stereocenters. The highest BCUT2D eigenvalue weighted by molar-refractivity contribution is 6.30. The van der Waals surface area contributed by atoms with Gasteiger partial charge in [0.15, 0.2) is 0 Å². The number of rotatable bonds is 5. The number of likely N-dealkylation sites (tertiary alicyclic amines) is 1. The van der Waals surface area contributed by atoms with E-state index in [0.717, 1.165) is 17.7 Å². The Hall–Kier alpha value is -2.91. The lowest BCUT2D eigenvalue weighted by Crippen LogP contribution is -2.37. The first-order valence-corrected chi connectivity index (χ1v) is 10.4. The summed E-state index contributed by atoms with van der Waals surface area (Å²) >= 11 is 6.00. The Kier molecular flexibility index (Phi) is 6.48. The first-order chi connectivity index (χ1) is 15.3. The molecule has 0 spiro atoms. The quantitative estimate of drug-likeness (QED) is 0.557. The third-order valence-electron chi connectivity index (χ3n) is 5.33. The third kappa shape index (κ3) is 5.46. The SMILES string of the molecule is O=C(Nc1cccc(C(F)(F)F)c1)C1CCN(Cc2nc(-c3cccc(Cl)c3)no2)CC1. The fourth-order valence-corrected chi connectivity index (χ4v) is 3.82. The number of amides is 1. The van der Waals surface area contributed by atoms with Crippen LogP contribution in [-0.4, -0.2) is 34.0 Å². The zero-order valence-corrected chi connectivity index (χ0v) is 17.7. The highest BCUT2D eigenvalue weighted by Gasteiger charge is 2.31. The summed E-state index contributed by atoms with van der Waals surface area (Å²) in [5, 5.41) is 7.18. The molecule has 4 rings (SSSR count). The molecule has 10 heteroatoms. The van der Waals surface area contributed by atoms with Crippen LogP contribution in [0.2, 0.25) is 5.02 Å². The Balaban J connectivity index is 1.29. The lowest BCUT2D eigenvalue weighted by Gasteiger charge is -2.30. The molecule has 168 valence electrons. The van der Waals surface area contributed by atoms with E-state index in [1.54, 1.807) is 12.1 Å². The molecule has 0 saturated carbocycles. The summed E-state index contributed by atoms with van der Waals surface area (Å²) in [6.45, 7) is 1.72. The van der Waals surface area contributed by atoms with Gasteiger partial charge in [0.05, 0.1) is 12.1 Å². The first kappa shape index (κ1) is 22.3. The molecule has 2 heterocycles.